The van der Waals surface area contributed by atoms with Crippen molar-refractivity contribution >= 4 is 40.5 Å². The molecule has 0 fully saturated rings. The minimum Gasteiger partial charge on any atom is -0.378 e. The summed E-state index contributed by atoms with van der Waals surface area (Å²) in [5.74, 6) is -0.504. The second-order valence-electron chi connectivity index (χ2n) is 6.50. The number of amides is 2. The molecule has 138 valence electrons. The summed E-state index contributed by atoms with van der Waals surface area (Å²) >= 11 is 6.24. The van der Waals surface area contributed by atoms with Crippen molar-refractivity contribution in [2.45, 2.75) is 20.8 Å². The summed E-state index contributed by atoms with van der Waals surface area (Å²) < 4.78 is 0. The molecule has 0 saturated carbocycles. The Labute approximate surface area is 159 Å². The van der Waals surface area contributed by atoms with Crippen LogP contribution in [0.2, 0.25) is 5.02 Å². The van der Waals surface area contributed by atoms with Crippen molar-refractivity contribution in [1.82, 2.24) is 0 Å². The Morgan fingerprint density at radius 3 is 2.12 bits per heavy atom. The maximum Gasteiger partial charge on any atom is 0.244 e. The molecule has 0 heterocycles. The maximum absolute atomic E-state index is 12.5. The lowest BCUT2D eigenvalue weighted by Gasteiger charge is -2.22. The van der Waals surface area contributed by atoms with E-state index in [1.807, 2.05) is 63.2 Å². The zero-order valence-electron chi connectivity index (χ0n) is 15.8. The van der Waals surface area contributed by atoms with Gasteiger partial charge in [0.2, 0.25) is 11.8 Å². The number of nitrogens with one attached hydrogen (secondary N) is 1. The van der Waals surface area contributed by atoms with E-state index in [0.29, 0.717) is 16.4 Å². The fraction of sp³-hybridized carbons (Fsp3) is 0.300. The summed E-state index contributed by atoms with van der Waals surface area (Å²) in [6.45, 7) is 5.19. The second-order valence-corrected chi connectivity index (χ2v) is 6.91. The molecular formula is C20H24ClN3O2. The number of aryl methyl sites for hydroxylation is 2. The average Bonchev–Trinajstić information content (AvgIpc) is 2.55. The van der Waals surface area contributed by atoms with Gasteiger partial charge in [-0.1, -0.05) is 17.7 Å². The average molecular weight is 374 g/mol. The van der Waals surface area contributed by atoms with E-state index in [2.05, 4.69) is 5.32 Å². The Kier molecular flexibility index (Phi) is 6.27. The molecule has 0 aliphatic heterocycles. The highest BCUT2D eigenvalue weighted by atomic mass is 35.5. The van der Waals surface area contributed by atoms with Crippen LogP contribution in [0.4, 0.5) is 17.1 Å². The quantitative estimate of drug-likeness (QED) is 0.861. The fourth-order valence-electron chi connectivity index (χ4n) is 2.71. The van der Waals surface area contributed by atoms with Gasteiger partial charge in [-0.15, -0.1) is 0 Å². The van der Waals surface area contributed by atoms with Crippen molar-refractivity contribution in [3.05, 3.63) is 52.5 Å². The third-order valence-electron chi connectivity index (χ3n) is 4.06. The molecule has 0 aliphatic rings. The minimum atomic E-state index is -0.300. The number of nitrogens with zero attached hydrogens (tertiary/aromatic N) is 2. The smallest absolute Gasteiger partial charge is 0.244 e. The molecular weight excluding hydrogens is 350 g/mol. The molecule has 0 aliphatic carbocycles. The van der Waals surface area contributed by atoms with Crippen LogP contribution in [0.5, 0.6) is 0 Å². The van der Waals surface area contributed by atoms with Gasteiger partial charge >= 0.3 is 0 Å². The molecule has 5 nitrogen and oxygen atoms in total. The van der Waals surface area contributed by atoms with Gasteiger partial charge in [-0.2, -0.15) is 0 Å². The molecule has 26 heavy (non-hydrogen) atoms. The van der Waals surface area contributed by atoms with Crippen LogP contribution in [0.15, 0.2) is 36.4 Å². The van der Waals surface area contributed by atoms with Gasteiger partial charge in [-0.25, -0.2) is 0 Å². The lowest BCUT2D eigenvalue weighted by atomic mass is 10.1. The first-order valence-corrected chi connectivity index (χ1v) is 8.69. The van der Waals surface area contributed by atoms with Crippen LogP contribution in [0.3, 0.4) is 0 Å². The zero-order valence-corrected chi connectivity index (χ0v) is 16.5. The third kappa shape index (κ3) is 4.76. The lowest BCUT2D eigenvalue weighted by Crippen LogP contribution is -2.36. The van der Waals surface area contributed by atoms with Crippen LogP contribution in [-0.2, 0) is 9.59 Å². The summed E-state index contributed by atoms with van der Waals surface area (Å²) in [5.41, 5.74) is 4.17. The van der Waals surface area contributed by atoms with Gasteiger partial charge in [-0.3, -0.25) is 9.59 Å². The van der Waals surface area contributed by atoms with Gasteiger partial charge in [0.05, 0.1) is 10.7 Å². The minimum absolute atomic E-state index is 0.0830. The summed E-state index contributed by atoms with van der Waals surface area (Å²) in [5, 5.41) is 3.30. The Hall–Kier alpha value is -2.53. The molecule has 0 aromatic heterocycles. The van der Waals surface area contributed by atoms with Crippen molar-refractivity contribution in [2.75, 3.05) is 35.8 Å². The molecule has 1 N–H and O–H groups in total. The molecule has 2 aromatic rings. The van der Waals surface area contributed by atoms with E-state index in [1.54, 1.807) is 6.07 Å². The molecule has 6 heteroatoms. The topological polar surface area (TPSA) is 52.7 Å². The van der Waals surface area contributed by atoms with Crippen LogP contribution >= 0.6 is 11.6 Å². The Bertz CT molecular complexity index is 793. The summed E-state index contributed by atoms with van der Waals surface area (Å²) in [4.78, 5) is 27.9. The number of carbonyl (C=O) groups excluding carboxylic acids is 2. The second kappa shape index (κ2) is 8.23. The predicted molar refractivity (Wildman–Crippen MR) is 108 cm³/mol. The third-order valence-corrected chi connectivity index (χ3v) is 4.35. The number of carbonyl (C=O) groups is 2. The van der Waals surface area contributed by atoms with Crippen LogP contribution in [0.1, 0.15) is 18.1 Å². The van der Waals surface area contributed by atoms with Crippen molar-refractivity contribution in [2.24, 2.45) is 0 Å². The highest BCUT2D eigenvalue weighted by Gasteiger charge is 2.17. The summed E-state index contributed by atoms with van der Waals surface area (Å²) in [6.07, 6.45) is 0. The Balaban J connectivity index is 2.17. The number of benzene rings is 2. The molecule has 0 bridgehead atoms. The first-order valence-electron chi connectivity index (χ1n) is 8.31. The van der Waals surface area contributed by atoms with E-state index in [9.17, 15) is 9.59 Å². The van der Waals surface area contributed by atoms with Crippen LogP contribution in [-0.4, -0.2) is 32.5 Å². The Morgan fingerprint density at radius 2 is 1.62 bits per heavy atom. The molecule has 0 atom stereocenters. The SMILES string of the molecule is CC(=O)N(CC(=O)Nc1c(C)cc(C)cc1Cl)c1ccc(N(C)C)cc1. The Morgan fingerprint density at radius 1 is 1.04 bits per heavy atom. The summed E-state index contributed by atoms with van der Waals surface area (Å²) in [7, 11) is 3.89. The maximum atomic E-state index is 12.5. The van der Waals surface area contributed by atoms with Crippen molar-refractivity contribution in [3.8, 4) is 0 Å². The molecule has 0 unspecified atom stereocenters. The largest absolute Gasteiger partial charge is 0.378 e. The highest BCUT2D eigenvalue weighted by molar-refractivity contribution is 6.34. The molecule has 2 rings (SSSR count). The fourth-order valence-corrected chi connectivity index (χ4v) is 3.08. The standard InChI is InChI=1S/C20H24ClN3O2/c1-13-10-14(2)20(18(21)11-13)22-19(26)12-24(15(3)25)17-8-6-16(7-9-17)23(4)5/h6-11H,12H2,1-5H3,(H,22,26). The molecule has 0 spiro atoms. The molecule has 2 amide bonds. The van der Waals surface area contributed by atoms with Crippen LogP contribution < -0.4 is 15.1 Å². The van der Waals surface area contributed by atoms with Crippen LogP contribution in [0, 0.1) is 13.8 Å². The first-order chi connectivity index (χ1) is 12.2. The van der Waals surface area contributed by atoms with E-state index in [1.165, 1.54) is 11.8 Å². The zero-order chi connectivity index (χ0) is 19.4. The van der Waals surface area contributed by atoms with E-state index in [-0.39, 0.29) is 18.4 Å². The van der Waals surface area contributed by atoms with Crippen molar-refractivity contribution in [3.63, 3.8) is 0 Å². The summed E-state index contributed by atoms with van der Waals surface area (Å²) in [6, 6.07) is 11.2. The van der Waals surface area contributed by atoms with Gasteiger partial charge in [0, 0.05) is 32.4 Å². The molecule has 0 saturated heterocycles. The number of hydrogen-bond acceptors (Lipinski definition) is 3. The number of hydrogen-bond donors (Lipinski definition) is 1. The van der Waals surface area contributed by atoms with Gasteiger partial charge in [0.15, 0.2) is 0 Å². The van der Waals surface area contributed by atoms with E-state index in [0.717, 1.165) is 16.8 Å². The van der Waals surface area contributed by atoms with Gasteiger partial charge in [0.25, 0.3) is 0 Å². The predicted octanol–water partition coefficient (Wildman–Crippen LogP) is 4.01. The van der Waals surface area contributed by atoms with Crippen LogP contribution in [0.25, 0.3) is 0 Å². The van der Waals surface area contributed by atoms with Crippen molar-refractivity contribution < 1.29 is 9.59 Å². The van der Waals surface area contributed by atoms with Crippen molar-refractivity contribution in [1.29, 1.82) is 0 Å². The van der Waals surface area contributed by atoms with Gasteiger partial charge in [-0.05, 0) is 55.3 Å². The van der Waals surface area contributed by atoms with E-state index >= 15 is 0 Å². The number of anilines is 3. The van der Waals surface area contributed by atoms with Gasteiger partial charge < -0.3 is 15.1 Å². The molecule has 0 radical (unpaired) electrons. The first kappa shape index (κ1) is 19.8. The highest BCUT2D eigenvalue weighted by Crippen LogP contribution is 2.27. The molecule has 2 aromatic carbocycles. The normalized spacial score (nSPS) is 10.4. The van der Waals surface area contributed by atoms with Gasteiger partial charge in [0.1, 0.15) is 6.54 Å². The van der Waals surface area contributed by atoms with E-state index in [4.69, 9.17) is 11.6 Å². The lowest BCUT2D eigenvalue weighted by molar-refractivity contribution is -0.120. The monoisotopic (exact) mass is 373 g/mol. The number of rotatable bonds is 5. The number of halogens is 1. The van der Waals surface area contributed by atoms with E-state index < -0.39 is 0 Å².